The predicted molar refractivity (Wildman–Crippen MR) is 127 cm³/mol. The van der Waals surface area contributed by atoms with Crippen molar-refractivity contribution in [2.45, 2.75) is 84.2 Å². The highest BCUT2D eigenvalue weighted by molar-refractivity contribution is 5.94. The molecule has 1 atom stereocenters. The minimum absolute atomic E-state index is 0.153. The fourth-order valence-electron chi connectivity index (χ4n) is 4.81. The number of unbranched alkanes of at least 4 members (excludes halogenated alkanes) is 6. The largest absolute Gasteiger partial charge is 0.364 e. The summed E-state index contributed by atoms with van der Waals surface area (Å²) in [6, 6.07) is 8.71. The van der Waals surface area contributed by atoms with Gasteiger partial charge in [-0.1, -0.05) is 75.4 Å². The van der Waals surface area contributed by atoms with Gasteiger partial charge in [-0.3, -0.25) is 0 Å². The Labute approximate surface area is 186 Å². The summed E-state index contributed by atoms with van der Waals surface area (Å²) in [5.41, 5.74) is 3.38. The number of hydrogen-bond acceptors (Lipinski definition) is 4. The second kappa shape index (κ2) is 10.2. The number of hydrogen-bond donors (Lipinski definition) is 0. The molecule has 1 aliphatic heterocycles. The van der Waals surface area contributed by atoms with E-state index in [-0.39, 0.29) is 6.04 Å². The highest BCUT2D eigenvalue weighted by Gasteiger charge is 2.30. The number of fused-ring (bicyclic) bond motifs is 1. The van der Waals surface area contributed by atoms with Crippen LogP contribution < -0.4 is 0 Å². The zero-order valence-corrected chi connectivity index (χ0v) is 19.1. The van der Waals surface area contributed by atoms with E-state index < -0.39 is 0 Å². The van der Waals surface area contributed by atoms with Crippen LogP contribution in [0, 0.1) is 0 Å². The minimum Gasteiger partial charge on any atom is -0.364 e. The molecule has 5 heteroatoms. The van der Waals surface area contributed by atoms with Crippen LogP contribution in [0.4, 0.5) is 0 Å². The van der Waals surface area contributed by atoms with Gasteiger partial charge >= 0.3 is 0 Å². The molecule has 1 fully saturated rings. The summed E-state index contributed by atoms with van der Waals surface area (Å²) < 4.78 is 8.10. The zero-order chi connectivity index (χ0) is 21.6. The van der Waals surface area contributed by atoms with E-state index in [0.717, 1.165) is 37.2 Å². The van der Waals surface area contributed by atoms with Crippen molar-refractivity contribution in [3.63, 3.8) is 0 Å². The van der Waals surface area contributed by atoms with Crippen LogP contribution in [0.5, 0.6) is 0 Å². The van der Waals surface area contributed by atoms with Gasteiger partial charge in [0, 0.05) is 41.4 Å². The molecule has 5 nitrogen and oxygen atoms in total. The van der Waals surface area contributed by atoms with Gasteiger partial charge in [0.2, 0.25) is 11.7 Å². The molecule has 2 aromatic heterocycles. The van der Waals surface area contributed by atoms with Crippen LogP contribution in [-0.2, 0) is 6.54 Å². The van der Waals surface area contributed by atoms with Crippen LogP contribution in [0.15, 0.2) is 47.3 Å². The van der Waals surface area contributed by atoms with Crippen LogP contribution in [0.2, 0.25) is 0 Å². The fourth-order valence-corrected chi connectivity index (χ4v) is 4.81. The van der Waals surface area contributed by atoms with E-state index in [0.29, 0.717) is 11.7 Å². The number of benzene rings is 1. The highest BCUT2D eigenvalue weighted by Crippen LogP contribution is 2.35. The van der Waals surface area contributed by atoms with Crippen molar-refractivity contribution in [1.82, 2.24) is 19.6 Å². The number of para-hydroxylation sites is 1. The number of likely N-dealkylation sites (tertiary alicyclic amines) is 1. The maximum absolute atomic E-state index is 5.73. The average Bonchev–Trinajstić information content (AvgIpc) is 3.51. The van der Waals surface area contributed by atoms with Gasteiger partial charge in [-0.15, -0.1) is 0 Å². The molecule has 0 saturated carbocycles. The Morgan fingerprint density at radius 2 is 1.90 bits per heavy atom. The smallest absolute Gasteiger partial charge is 0.249 e. The Kier molecular flexibility index (Phi) is 7.10. The molecule has 0 unspecified atom stereocenters. The van der Waals surface area contributed by atoms with Gasteiger partial charge in [0.25, 0.3) is 0 Å². The number of rotatable bonds is 11. The Hall–Kier alpha value is -2.56. The summed E-state index contributed by atoms with van der Waals surface area (Å²) in [4.78, 5) is 7.10. The first-order valence-corrected chi connectivity index (χ1v) is 12.0. The second-order valence-electron chi connectivity index (χ2n) is 8.92. The van der Waals surface area contributed by atoms with Gasteiger partial charge < -0.3 is 14.0 Å². The van der Waals surface area contributed by atoms with Crippen LogP contribution in [-0.4, -0.2) is 26.2 Å². The molecular formula is C26H36N4O. The lowest BCUT2D eigenvalue weighted by Gasteiger charge is -2.23. The third kappa shape index (κ3) is 4.86. The summed E-state index contributed by atoms with van der Waals surface area (Å²) in [5, 5.41) is 5.57. The number of aromatic nitrogens is 3. The van der Waals surface area contributed by atoms with E-state index in [2.05, 4.69) is 58.6 Å². The average molecular weight is 421 g/mol. The van der Waals surface area contributed by atoms with Gasteiger partial charge in [0.05, 0.1) is 0 Å². The lowest BCUT2D eigenvalue weighted by atomic mass is 10.1. The quantitative estimate of drug-likeness (QED) is 0.310. The van der Waals surface area contributed by atoms with E-state index in [1.165, 1.54) is 55.8 Å². The van der Waals surface area contributed by atoms with E-state index in [1.807, 2.05) is 6.92 Å². The minimum atomic E-state index is 0.153. The van der Waals surface area contributed by atoms with Crippen LogP contribution in [0.3, 0.4) is 0 Å². The third-order valence-electron chi connectivity index (χ3n) is 6.50. The molecule has 31 heavy (non-hydrogen) atoms. The van der Waals surface area contributed by atoms with Crippen molar-refractivity contribution >= 4 is 10.9 Å². The second-order valence-corrected chi connectivity index (χ2v) is 8.92. The van der Waals surface area contributed by atoms with Crippen molar-refractivity contribution in [2.24, 2.45) is 0 Å². The molecule has 0 amide bonds. The van der Waals surface area contributed by atoms with Crippen LogP contribution in [0.25, 0.3) is 22.3 Å². The SMILES string of the molecule is C=C(C)N1CCC[C@H]1c1nc(-c2cn(CCCCCCCCC)c3ccccc23)no1. The molecule has 1 aliphatic rings. The molecule has 1 aromatic carbocycles. The summed E-state index contributed by atoms with van der Waals surface area (Å²) in [6.07, 6.45) is 13.6. The lowest BCUT2D eigenvalue weighted by molar-refractivity contribution is 0.252. The summed E-state index contributed by atoms with van der Waals surface area (Å²) in [6.45, 7) is 10.5. The number of aryl methyl sites for hydroxylation is 1. The Bertz CT molecular complexity index is 1000. The number of nitrogens with zero attached hydrogens (tertiary/aromatic N) is 4. The molecule has 4 rings (SSSR count). The van der Waals surface area contributed by atoms with Gasteiger partial charge in [0.15, 0.2) is 0 Å². The monoisotopic (exact) mass is 420 g/mol. The molecular weight excluding hydrogens is 384 g/mol. The van der Waals surface area contributed by atoms with Crippen LogP contribution >= 0.6 is 0 Å². The highest BCUT2D eigenvalue weighted by atomic mass is 16.5. The zero-order valence-electron chi connectivity index (χ0n) is 19.1. The molecule has 0 spiro atoms. The number of allylic oxidation sites excluding steroid dienone is 1. The Morgan fingerprint density at radius 3 is 2.71 bits per heavy atom. The standard InChI is InChI=1S/C26H36N4O/c1-4-5-6-7-8-9-12-17-29-19-22(21-14-10-11-15-23(21)29)25-27-26(31-28-25)24-16-13-18-30(24)20(2)3/h10-11,14-15,19,24H,2,4-9,12-13,16-18H2,1,3H3/t24-/m0/s1. The maximum atomic E-state index is 5.73. The normalized spacial score (nSPS) is 16.5. The molecule has 0 bridgehead atoms. The van der Waals surface area contributed by atoms with Gasteiger partial charge in [-0.2, -0.15) is 4.98 Å². The first kappa shape index (κ1) is 21.7. The first-order valence-electron chi connectivity index (χ1n) is 12.0. The van der Waals surface area contributed by atoms with Gasteiger partial charge in [-0.25, -0.2) is 0 Å². The van der Waals surface area contributed by atoms with Crippen molar-refractivity contribution < 1.29 is 4.52 Å². The van der Waals surface area contributed by atoms with Crippen LogP contribution in [0.1, 0.15) is 83.6 Å². The summed E-state index contributed by atoms with van der Waals surface area (Å²) in [5.74, 6) is 1.40. The molecule has 1 saturated heterocycles. The lowest BCUT2D eigenvalue weighted by Crippen LogP contribution is -2.20. The van der Waals surface area contributed by atoms with Crippen molar-refractivity contribution in [2.75, 3.05) is 6.54 Å². The first-order chi connectivity index (χ1) is 15.2. The summed E-state index contributed by atoms with van der Waals surface area (Å²) >= 11 is 0. The molecule has 0 aliphatic carbocycles. The Morgan fingerprint density at radius 1 is 1.13 bits per heavy atom. The molecule has 0 N–H and O–H groups in total. The molecule has 3 aromatic rings. The van der Waals surface area contributed by atoms with E-state index in [4.69, 9.17) is 9.51 Å². The van der Waals surface area contributed by atoms with E-state index in [1.54, 1.807) is 0 Å². The predicted octanol–water partition coefficient (Wildman–Crippen LogP) is 7.11. The van der Waals surface area contributed by atoms with Crippen molar-refractivity contribution in [1.29, 1.82) is 0 Å². The van der Waals surface area contributed by atoms with Crippen molar-refractivity contribution in [3.8, 4) is 11.4 Å². The van der Waals surface area contributed by atoms with Gasteiger partial charge in [0.1, 0.15) is 6.04 Å². The van der Waals surface area contributed by atoms with Gasteiger partial charge in [-0.05, 0) is 32.3 Å². The van der Waals surface area contributed by atoms with E-state index in [9.17, 15) is 0 Å². The maximum Gasteiger partial charge on any atom is 0.249 e. The molecule has 0 radical (unpaired) electrons. The van der Waals surface area contributed by atoms with E-state index >= 15 is 0 Å². The van der Waals surface area contributed by atoms with Crippen molar-refractivity contribution in [3.05, 3.63) is 48.6 Å². The molecule has 166 valence electrons. The Balaban J connectivity index is 1.49. The molecule has 3 heterocycles. The topological polar surface area (TPSA) is 47.1 Å². The third-order valence-corrected chi connectivity index (χ3v) is 6.50. The fraction of sp³-hybridized carbons (Fsp3) is 0.538. The summed E-state index contributed by atoms with van der Waals surface area (Å²) in [7, 11) is 0.